The lowest BCUT2D eigenvalue weighted by Gasteiger charge is -2.08. The van der Waals surface area contributed by atoms with Gasteiger partial charge in [-0.05, 0) is 62.4 Å². The first kappa shape index (κ1) is 23.0. The van der Waals surface area contributed by atoms with Gasteiger partial charge in [0.1, 0.15) is 18.0 Å². The minimum atomic E-state index is -0.236. The monoisotopic (exact) mass is 458 g/mol. The molecule has 8 heteroatoms. The fourth-order valence-electron chi connectivity index (χ4n) is 3.52. The molecule has 0 fully saturated rings. The quantitative estimate of drug-likeness (QED) is 0.375. The Hall–Kier alpha value is -4.20. The molecule has 34 heavy (non-hydrogen) atoms. The number of hydrogen-bond acceptors (Lipinski definition) is 6. The maximum atomic E-state index is 12.7. The summed E-state index contributed by atoms with van der Waals surface area (Å²) in [5, 5.41) is 2.92. The van der Waals surface area contributed by atoms with E-state index >= 15 is 0 Å². The number of nitrogens with one attached hydrogen (secondary N) is 1. The number of ether oxygens (including phenoxy) is 2. The molecule has 1 amide bonds. The first-order valence-corrected chi connectivity index (χ1v) is 11.1. The van der Waals surface area contributed by atoms with Gasteiger partial charge in [0, 0.05) is 30.1 Å². The molecule has 0 saturated carbocycles. The Kier molecular flexibility index (Phi) is 7.17. The molecule has 3 aromatic heterocycles. The zero-order chi connectivity index (χ0) is 23.9. The molecule has 1 N–H and O–H groups in total. The maximum Gasteiger partial charge on any atom is 0.306 e. The van der Waals surface area contributed by atoms with Crippen LogP contribution in [0.3, 0.4) is 0 Å². The van der Waals surface area contributed by atoms with Crippen molar-refractivity contribution in [2.45, 2.75) is 33.3 Å². The second-order valence-corrected chi connectivity index (χ2v) is 7.68. The number of rotatable bonds is 9. The summed E-state index contributed by atoms with van der Waals surface area (Å²) in [5.74, 6) is 0.198. The number of fused-ring (bicyclic) bond motifs is 1. The van der Waals surface area contributed by atoms with Crippen molar-refractivity contribution in [3.63, 3.8) is 0 Å². The molecule has 0 aliphatic heterocycles. The van der Waals surface area contributed by atoms with Gasteiger partial charge in [0.05, 0.1) is 30.1 Å². The van der Waals surface area contributed by atoms with Gasteiger partial charge >= 0.3 is 5.97 Å². The van der Waals surface area contributed by atoms with E-state index in [0.717, 1.165) is 22.7 Å². The summed E-state index contributed by atoms with van der Waals surface area (Å²) in [6.07, 6.45) is 4.33. The number of benzene rings is 1. The van der Waals surface area contributed by atoms with E-state index in [1.165, 1.54) is 0 Å². The molecule has 0 atom stereocenters. The average Bonchev–Trinajstić information content (AvgIpc) is 3.17. The normalized spacial score (nSPS) is 10.8. The predicted molar refractivity (Wildman–Crippen MR) is 128 cm³/mol. The highest BCUT2D eigenvalue weighted by atomic mass is 16.5. The summed E-state index contributed by atoms with van der Waals surface area (Å²) in [6.45, 7) is 4.46. The number of esters is 1. The molecule has 0 unspecified atom stereocenters. The number of imidazole rings is 1. The van der Waals surface area contributed by atoms with Crippen molar-refractivity contribution in [2.75, 3.05) is 11.9 Å². The van der Waals surface area contributed by atoms with Crippen molar-refractivity contribution in [1.82, 2.24) is 14.4 Å². The molecular weight excluding hydrogens is 432 g/mol. The topological polar surface area (TPSA) is 94.8 Å². The van der Waals surface area contributed by atoms with Crippen LogP contribution >= 0.6 is 0 Å². The van der Waals surface area contributed by atoms with Crippen LogP contribution in [0.25, 0.3) is 5.65 Å². The minimum absolute atomic E-state index is 0.226. The van der Waals surface area contributed by atoms with Crippen LogP contribution in [0.2, 0.25) is 0 Å². The molecule has 4 aromatic rings. The van der Waals surface area contributed by atoms with Crippen LogP contribution < -0.4 is 10.1 Å². The second-order valence-electron chi connectivity index (χ2n) is 7.68. The summed E-state index contributed by atoms with van der Waals surface area (Å²) >= 11 is 0. The number of anilines is 1. The molecule has 1 aromatic carbocycles. The Morgan fingerprint density at radius 1 is 1.06 bits per heavy atom. The van der Waals surface area contributed by atoms with Crippen LogP contribution in [-0.2, 0) is 22.6 Å². The molecule has 0 aliphatic carbocycles. The second kappa shape index (κ2) is 10.6. The number of carbonyl (C=O) groups is 2. The number of pyridine rings is 2. The fraction of sp³-hybridized carbons (Fsp3) is 0.231. The van der Waals surface area contributed by atoms with E-state index in [-0.39, 0.29) is 18.3 Å². The Morgan fingerprint density at radius 2 is 1.88 bits per heavy atom. The van der Waals surface area contributed by atoms with Crippen molar-refractivity contribution in [1.29, 1.82) is 0 Å². The van der Waals surface area contributed by atoms with E-state index in [1.54, 1.807) is 43.5 Å². The Balaban J connectivity index is 1.39. The van der Waals surface area contributed by atoms with Crippen LogP contribution in [-0.4, -0.2) is 32.9 Å². The average molecular weight is 459 g/mol. The van der Waals surface area contributed by atoms with E-state index in [1.807, 2.05) is 41.8 Å². The lowest BCUT2D eigenvalue weighted by molar-refractivity contribution is -0.143. The van der Waals surface area contributed by atoms with Gasteiger partial charge in [0.15, 0.2) is 0 Å². The van der Waals surface area contributed by atoms with E-state index in [0.29, 0.717) is 36.6 Å². The minimum Gasteiger partial charge on any atom is -0.487 e. The van der Waals surface area contributed by atoms with Gasteiger partial charge in [-0.25, -0.2) is 4.98 Å². The standard InChI is InChI=1S/C26H26N4O4/c1-3-33-25(31)14-12-23-18(2)30-16-20(9-13-24(30)29-23)28-26(32)19-7-10-22(11-8-19)34-17-21-6-4-5-15-27-21/h4-11,13,15-16H,3,12,14,17H2,1-2H3,(H,28,32). The first-order valence-electron chi connectivity index (χ1n) is 11.1. The Bertz CT molecular complexity index is 1280. The molecule has 174 valence electrons. The molecule has 4 rings (SSSR count). The molecule has 3 heterocycles. The van der Waals surface area contributed by atoms with Crippen LogP contribution in [0.1, 0.15) is 40.8 Å². The van der Waals surface area contributed by atoms with Gasteiger partial charge in [0.2, 0.25) is 0 Å². The van der Waals surface area contributed by atoms with Crippen molar-refractivity contribution in [3.8, 4) is 5.75 Å². The highest BCUT2D eigenvalue weighted by molar-refractivity contribution is 6.04. The summed E-state index contributed by atoms with van der Waals surface area (Å²) in [6, 6.07) is 16.3. The molecule has 0 aliphatic rings. The largest absolute Gasteiger partial charge is 0.487 e. The van der Waals surface area contributed by atoms with E-state index in [2.05, 4.69) is 15.3 Å². The summed E-state index contributed by atoms with van der Waals surface area (Å²) < 4.78 is 12.6. The van der Waals surface area contributed by atoms with Gasteiger partial charge in [-0.2, -0.15) is 0 Å². The van der Waals surface area contributed by atoms with Gasteiger partial charge in [0.25, 0.3) is 5.91 Å². The van der Waals surface area contributed by atoms with Crippen molar-refractivity contribution < 1.29 is 19.1 Å². The third-order valence-electron chi connectivity index (χ3n) is 5.31. The maximum absolute atomic E-state index is 12.7. The third-order valence-corrected chi connectivity index (χ3v) is 5.31. The van der Waals surface area contributed by atoms with Gasteiger partial charge < -0.3 is 19.2 Å². The van der Waals surface area contributed by atoms with Crippen molar-refractivity contribution >= 4 is 23.2 Å². The zero-order valence-corrected chi connectivity index (χ0v) is 19.2. The van der Waals surface area contributed by atoms with E-state index in [9.17, 15) is 9.59 Å². The fourth-order valence-corrected chi connectivity index (χ4v) is 3.52. The molecule has 0 bridgehead atoms. The lowest BCUT2D eigenvalue weighted by atomic mass is 10.2. The van der Waals surface area contributed by atoms with E-state index in [4.69, 9.17) is 9.47 Å². The molecule has 0 radical (unpaired) electrons. The van der Waals surface area contributed by atoms with Crippen LogP contribution in [0, 0.1) is 6.92 Å². The van der Waals surface area contributed by atoms with Crippen molar-refractivity contribution in [2.24, 2.45) is 0 Å². The number of aryl methyl sites for hydroxylation is 2. The smallest absolute Gasteiger partial charge is 0.306 e. The Morgan fingerprint density at radius 3 is 2.62 bits per heavy atom. The number of hydrogen-bond donors (Lipinski definition) is 1. The van der Waals surface area contributed by atoms with Gasteiger partial charge in [-0.3, -0.25) is 14.6 Å². The highest BCUT2D eigenvalue weighted by Gasteiger charge is 2.13. The number of aromatic nitrogens is 3. The van der Waals surface area contributed by atoms with Crippen LogP contribution in [0.5, 0.6) is 5.75 Å². The SMILES string of the molecule is CCOC(=O)CCc1nc2ccc(NC(=O)c3ccc(OCc4ccccn4)cc3)cn2c1C. The van der Waals surface area contributed by atoms with Crippen LogP contribution in [0.15, 0.2) is 67.0 Å². The number of carbonyl (C=O) groups excluding carboxylic acids is 2. The summed E-state index contributed by atoms with van der Waals surface area (Å²) in [5.41, 5.74) is 4.50. The van der Waals surface area contributed by atoms with Gasteiger partial charge in [-0.15, -0.1) is 0 Å². The van der Waals surface area contributed by atoms with Crippen molar-refractivity contribution in [3.05, 3.63) is 89.6 Å². The molecule has 8 nitrogen and oxygen atoms in total. The highest BCUT2D eigenvalue weighted by Crippen LogP contribution is 2.19. The van der Waals surface area contributed by atoms with Gasteiger partial charge in [-0.1, -0.05) is 6.07 Å². The lowest BCUT2D eigenvalue weighted by Crippen LogP contribution is -2.12. The van der Waals surface area contributed by atoms with E-state index < -0.39 is 0 Å². The first-order chi connectivity index (χ1) is 16.5. The molecule has 0 saturated heterocycles. The molecule has 0 spiro atoms. The predicted octanol–water partition coefficient (Wildman–Crippen LogP) is 4.36. The van der Waals surface area contributed by atoms with Crippen LogP contribution in [0.4, 0.5) is 5.69 Å². The third kappa shape index (κ3) is 5.58. The summed E-state index contributed by atoms with van der Waals surface area (Å²) in [7, 11) is 0. The summed E-state index contributed by atoms with van der Waals surface area (Å²) in [4.78, 5) is 33.2. The number of amides is 1. The number of nitrogens with zero attached hydrogens (tertiary/aromatic N) is 3. The zero-order valence-electron chi connectivity index (χ0n) is 19.2. The Labute approximate surface area is 197 Å². The molecular formula is C26H26N4O4.